The summed E-state index contributed by atoms with van der Waals surface area (Å²) in [5.74, 6) is 0.804. The SMILES string of the molecule is COCCCOC1CCC2(C)C(C1)C(=O)C=C1C3(O)CCC4C(C)(O)C(O)(O)C5OC6C(O)NC(C(=O)N7CC7CC#CC12CCC43C)C1(CCC(c2c(CCCO)ccc3[nH]ccc23)C1)C6C5CO. The number of aromatic amines is 1. The van der Waals surface area contributed by atoms with Crippen LogP contribution in [0.2, 0.25) is 0 Å². The molecule has 15 heteroatoms. The van der Waals surface area contributed by atoms with Crippen molar-refractivity contribution >= 4 is 22.6 Å². The van der Waals surface area contributed by atoms with Crippen molar-refractivity contribution in [3.05, 3.63) is 47.2 Å². The zero-order valence-electron chi connectivity index (χ0n) is 41.3. The third kappa shape index (κ3) is 6.73. The Bertz CT molecular complexity index is 2500. The lowest BCUT2D eigenvalue weighted by atomic mass is 9.39. The second-order valence-corrected chi connectivity index (χ2v) is 23.9. The van der Waals surface area contributed by atoms with Crippen LogP contribution in [-0.2, 0) is 30.2 Å². The molecule has 1 aromatic carbocycles. The third-order valence-corrected chi connectivity index (χ3v) is 20.9. The van der Waals surface area contributed by atoms with Gasteiger partial charge in [-0.15, -0.1) is 5.92 Å². The molecule has 10 aliphatic rings. The number of benzene rings is 1. The first kappa shape index (κ1) is 49.0. The number of aliphatic hydroxyl groups excluding tert-OH is 3. The quantitative estimate of drug-likeness (QED) is 0.0721. The molecule has 2 aromatic rings. The minimum atomic E-state index is -3.04. The fraction of sp³-hybridized carbons (Fsp3) is 0.745. The molecule has 5 aliphatic heterocycles. The number of allylic oxidation sites excluding steroid dienone is 1. The fourth-order valence-corrected chi connectivity index (χ4v) is 17.2. The van der Waals surface area contributed by atoms with Crippen molar-refractivity contribution in [2.75, 3.05) is 40.1 Å². The standard InChI is InChI=1S/C55H75N3O12/c1-49-17-13-34(69-25-7-24-68-4)26-37(49)39(61)27-41-53(49)16-5-9-33-29-58(33)48(63)45-52(18-12-32(28-52)42-31(8-6-23-59)10-11-38-35(42)15-22-56-38)43-36(30-60)46(70-44(43)47(62)57-45)55(66,67)51(3,64)40-14-19-54(41,65)50(40,2)20-21-53/h10-11,15,22,27,32-34,36-37,40,43-47,56-57,59-60,62,64-67H,6-9,12-14,17-21,23-26,28-30H2,1-4H3. The average Bonchev–Trinajstić information content (AvgIpc) is 3.68. The van der Waals surface area contributed by atoms with Crippen LogP contribution in [0.4, 0.5) is 0 Å². The normalized spacial score (nSPS) is 45.8. The Morgan fingerprint density at radius 3 is 2.53 bits per heavy atom. The first-order valence-corrected chi connectivity index (χ1v) is 26.3. The topological polar surface area (TPSA) is 234 Å². The van der Waals surface area contributed by atoms with E-state index in [0.29, 0.717) is 96.0 Å². The summed E-state index contributed by atoms with van der Waals surface area (Å²) in [5.41, 5.74) is -4.01. The van der Waals surface area contributed by atoms with E-state index in [4.69, 9.17) is 14.2 Å². The van der Waals surface area contributed by atoms with Crippen molar-refractivity contribution in [3.8, 4) is 11.8 Å². The molecule has 12 rings (SSSR count). The highest BCUT2D eigenvalue weighted by Gasteiger charge is 2.77. The van der Waals surface area contributed by atoms with Gasteiger partial charge >= 0.3 is 0 Å². The number of carbonyl (C=O) groups is 2. The predicted molar refractivity (Wildman–Crippen MR) is 256 cm³/mol. The van der Waals surface area contributed by atoms with E-state index in [0.717, 1.165) is 28.5 Å². The molecule has 1 aromatic heterocycles. The van der Waals surface area contributed by atoms with Crippen LogP contribution in [0.3, 0.4) is 0 Å². The number of ether oxygens (including phenoxy) is 3. The predicted octanol–water partition coefficient (Wildman–Crippen LogP) is 3.34. The van der Waals surface area contributed by atoms with E-state index in [1.165, 1.54) is 6.92 Å². The van der Waals surface area contributed by atoms with Gasteiger partial charge in [0.15, 0.2) is 5.78 Å². The van der Waals surface area contributed by atoms with Crippen molar-refractivity contribution in [2.45, 2.75) is 170 Å². The molecule has 70 heavy (non-hydrogen) atoms. The van der Waals surface area contributed by atoms with Crippen molar-refractivity contribution in [1.82, 2.24) is 15.2 Å². The summed E-state index contributed by atoms with van der Waals surface area (Å²) >= 11 is 0. The molecule has 382 valence electrons. The maximum atomic E-state index is 15.3. The summed E-state index contributed by atoms with van der Waals surface area (Å²) in [6, 6.07) is 5.07. The van der Waals surface area contributed by atoms with Gasteiger partial charge in [-0.1, -0.05) is 25.8 Å². The Labute approximate surface area is 410 Å². The highest BCUT2D eigenvalue weighted by atomic mass is 16.6. The Morgan fingerprint density at radius 1 is 0.943 bits per heavy atom. The van der Waals surface area contributed by atoms with Crippen molar-refractivity contribution < 1.29 is 59.5 Å². The molecule has 2 spiro atoms. The molecule has 15 nitrogen and oxygen atoms in total. The Hall–Kier alpha value is -3.24. The van der Waals surface area contributed by atoms with Crippen LogP contribution in [-0.4, -0.2) is 151 Å². The van der Waals surface area contributed by atoms with Gasteiger partial charge in [-0.2, -0.15) is 0 Å². The first-order valence-electron chi connectivity index (χ1n) is 26.3. The first-order chi connectivity index (χ1) is 33.4. The summed E-state index contributed by atoms with van der Waals surface area (Å²) < 4.78 is 18.3. The van der Waals surface area contributed by atoms with Gasteiger partial charge in [-0.3, -0.25) is 14.9 Å². The number of nitrogens with zero attached hydrogens (tertiary/aromatic N) is 1. The summed E-state index contributed by atoms with van der Waals surface area (Å²) in [6.45, 7) is 6.44. The molecule has 0 radical (unpaired) electrons. The monoisotopic (exact) mass is 970 g/mol. The summed E-state index contributed by atoms with van der Waals surface area (Å²) in [4.78, 5) is 35.2. The molecule has 17 atom stereocenters. The molecule has 6 heterocycles. The second-order valence-electron chi connectivity index (χ2n) is 23.9. The number of hydrogen-bond acceptors (Lipinski definition) is 13. The van der Waals surface area contributed by atoms with Crippen LogP contribution in [0, 0.1) is 57.2 Å². The number of nitrogens with one attached hydrogen (secondary N) is 2. The number of amides is 1. The highest BCUT2D eigenvalue weighted by Crippen LogP contribution is 2.74. The number of carbonyl (C=O) groups excluding carboxylic acids is 2. The average molecular weight is 970 g/mol. The van der Waals surface area contributed by atoms with E-state index in [2.05, 4.69) is 47.3 Å². The second kappa shape index (κ2) is 17.2. The molecule has 1 amide bonds. The number of piperidine rings is 1. The van der Waals surface area contributed by atoms with Crippen LogP contribution in [0.25, 0.3) is 10.9 Å². The van der Waals surface area contributed by atoms with E-state index in [1.807, 2.05) is 18.0 Å². The third-order valence-electron chi connectivity index (χ3n) is 20.9. The van der Waals surface area contributed by atoms with Crippen LogP contribution in [0.5, 0.6) is 0 Å². The van der Waals surface area contributed by atoms with E-state index in [-0.39, 0.29) is 49.2 Å². The maximum Gasteiger partial charge on any atom is 0.240 e. The Kier molecular flexibility index (Phi) is 12.0. The lowest BCUT2D eigenvalue weighted by molar-refractivity contribution is -0.345. The number of fused-ring (bicyclic) bond motifs is 5. The van der Waals surface area contributed by atoms with Gasteiger partial charge < -0.3 is 59.8 Å². The van der Waals surface area contributed by atoms with E-state index >= 15 is 4.79 Å². The number of aliphatic hydroxyl groups is 7. The molecular weight excluding hydrogens is 895 g/mol. The summed E-state index contributed by atoms with van der Waals surface area (Å²) in [7, 11) is 1.66. The van der Waals surface area contributed by atoms with Crippen molar-refractivity contribution in [2.24, 2.45) is 45.3 Å². The molecular formula is C55H75N3O12. The van der Waals surface area contributed by atoms with Gasteiger partial charge in [0.25, 0.3) is 0 Å². The molecule has 7 bridgehead atoms. The van der Waals surface area contributed by atoms with Gasteiger partial charge in [0.1, 0.15) is 24.0 Å². The van der Waals surface area contributed by atoms with Crippen molar-refractivity contribution in [3.63, 3.8) is 0 Å². The van der Waals surface area contributed by atoms with Crippen LogP contribution < -0.4 is 5.32 Å². The zero-order valence-corrected chi connectivity index (χ0v) is 41.3. The minimum absolute atomic E-state index is 0.0387. The zero-order chi connectivity index (χ0) is 49.4. The van der Waals surface area contributed by atoms with E-state index in [1.54, 1.807) is 13.2 Å². The van der Waals surface area contributed by atoms with Crippen LogP contribution >= 0.6 is 0 Å². The number of aromatic nitrogens is 1. The molecule has 7 fully saturated rings. The minimum Gasteiger partial charge on any atom is -0.396 e. The lowest BCUT2D eigenvalue weighted by Gasteiger charge is -2.64. The molecule has 4 saturated carbocycles. The van der Waals surface area contributed by atoms with Crippen LogP contribution in [0.15, 0.2) is 36.0 Å². The Balaban J connectivity index is 1.02. The lowest BCUT2D eigenvalue weighted by Crippen LogP contribution is -2.70. The molecule has 5 aliphatic carbocycles. The van der Waals surface area contributed by atoms with Gasteiger partial charge in [-0.05, 0) is 137 Å². The molecule has 3 saturated heterocycles. The van der Waals surface area contributed by atoms with Crippen LogP contribution in [0.1, 0.15) is 121 Å². The number of rotatable bonds is 10. The van der Waals surface area contributed by atoms with Gasteiger partial charge in [-0.25, -0.2) is 0 Å². The van der Waals surface area contributed by atoms with E-state index < -0.39 is 93.4 Å². The maximum absolute atomic E-state index is 15.3. The largest absolute Gasteiger partial charge is 0.396 e. The van der Waals surface area contributed by atoms with Crippen molar-refractivity contribution in [1.29, 1.82) is 0 Å². The number of aryl methyl sites for hydroxylation is 1. The smallest absolute Gasteiger partial charge is 0.240 e. The number of H-pyrrole nitrogens is 1. The fourth-order valence-electron chi connectivity index (χ4n) is 17.2. The van der Waals surface area contributed by atoms with Gasteiger partial charge in [0, 0.05) is 98.1 Å². The Morgan fingerprint density at radius 2 is 1.76 bits per heavy atom. The van der Waals surface area contributed by atoms with Gasteiger partial charge in [0.2, 0.25) is 11.7 Å². The summed E-state index contributed by atoms with van der Waals surface area (Å²) in [6.07, 6.45) is 6.30. The number of ketones is 1. The van der Waals surface area contributed by atoms with E-state index in [9.17, 15) is 40.5 Å². The molecule has 17 unspecified atom stereocenters. The highest BCUT2D eigenvalue weighted by molar-refractivity contribution is 5.96. The summed E-state index contributed by atoms with van der Waals surface area (Å²) in [5, 5.41) is 90.4. The number of hydrogen-bond donors (Lipinski definition) is 9. The van der Waals surface area contributed by atoms with Gasteiger partial charge in [0.05, 0.1) is 29.2 Å². The number of methoxy groups -OCH3 is 1. The molecule has 9 N–H and O–H groups in total.